The third-order valence-corrected chi connectivity index (χ3v) is 8.70. The molecule has 0 heterocycles. The van der Waals surface area contributed by atoms with E-state index >= 15 is 0 Å². The molecule has 0 unspecified atom stereocenters. The molecule has 0 saturated carbocycles. The van der Waals surface area contributed by atoms with Crippen LogP contribution in [0.4, 0.5) is 0 Å². The molecule has 0 N–H and O–H groups in total. The Morgan fingerprint density at radius 2 is 0.714 bits per heavy atom. The first-order valence-electron chi connectivity index (χ1n) is 8.78. The maximum Gasteiger partial charge on any atom is 0.0630 e. The summed E-state index contributed by atoms with van der Waals surface area (Å²) in [6.45, 7) is 4.21. The standard InChI is InChI=1S/C20H22N4S4/c1-15-17(25-11-3-7-21)19(27-13-5-9-23)16(2)20(28-14-6-10-24)18(15)26-12-4-8-22/h3-6,11-14H2,1-2H3. The summed E-state index contributed by atoms with van der Waals surface area (Å²) in [4.78, 5) is 4.72. The van der Waals surface area contributed by atoms with E-state index in [9.17, 15) is 0 Å². The first-order chi connectivity index (χ1) is 13.6. The fourth-order valence-corrected chi connectivity index (χ4v) is 7.21. The van der Waals surface area contributed by atoms with Crippen LogP contribution in [-0.4, -0.2) is 23.0 Å². The van der Waals surface area contributed by atoms with Crippen molar-refractivity contribution in [2.45, 2.75) is 59.1 Å². The quantitative estimate of drug-likeness (QED) is 0.271. The topological polar surface area (TPSA) is 95.2 Å². The lowest BCUT2D eigenvalue weighted by Crippen LogP contribution is -1.99. The van der Waals surface area contributed by atoms with Gasteiger partial charge in [0.25, 0.3) is 0 Å². The zero-order valence-corrected chi connectivity index (χ0v) is 19.3. The van der Waals surface area contributed by atoms with E-state index in [-0.39, 0.29) is 0 Å². The lowest BCUT2D eigenvalue weighted by molar-refractivity contribution is 0.966. The molecule has 0 aliphatic rings. The van der Waals surface area contributed by atoms with Crippen molar-refractivity contribution >= 4 is 47.0 Å². The lowest BCUT2D eigenvalue weighted by atomic mass is 10.1. The van der Waals surface area contributed by atoms with Gasteiger partial charge in [0, 0.05) is 68.3 Å². The molecule has 0 fully saturated rings. The fourth-order valence-electron chi connectivity index (χ4n) is 2.38. The van der Waals surface area contributed by atoms with Crippen LogP contribution in [0.2, 0.25) is 0 Å². The van der Waals surface area contributed by atoms with Gasteiger partial charge in [0.15, 0.2) is 0 Å². The number of rotatable bonds is 12. The molecule has 1 aromatic rings. The van der Waals surface area contributed by atoms with Crippen molar-refractivity contribution in [2.24, 2.45) is 0 Å². The number of nitriles is 4. The van der Waals surface area contributed by atoms with E-state index in [1.807, 2.05) is 0 Å². The minimum atomic E-state index is 0.487. The van der Waals surface area contributed by atoms with Gasteiger partial charge in [0.2, 0.25) is 0 Å². The smallest absolute Gasteiger partial charge is 0.0630 e. The molecule has 0 aliphatic heterocycles. The molecular formula is C20H22N4S4. The van der Waals surface area contributed by atoms with Crippen LogP contribution in [-0.2, 0) is 0 Å². The van der Waals surface area contributed by atoms with Crippen LogP contribution in [0, 0.1) is 59.2 Å². The van der Waals surface area contributed by atoms with Gasteiger partial charge in [-0.1, -0.05) is 0 Å². The highest BCUT2D eigenvalue weighted by Crippen LogP contribution is 2.47. The van der Waals surface area contributed by atoms with Gasteiger partial charge in [-0.3, -0.25) is 0 Å². The summed E-state index contributed by atoms with van der Waals surface area (Å²) in [6.07, 6.45) is 1.95. The van der Waals surface area contributed by atoms with E-state index in [4.69, 9.17) is 21.0 Å². The van der Waals surface area contributed by atoms with E-state index in [1.54, 1.807) is 47.0 Å². The highest BCUT2D eigenvalue weighted by atomic mass is 32.2. The Kier molecular flexibility index (Phi) is 12.8. The highest BCUT2D eigenvalue weighted by Gasteiger charge is 2.21. The van der Waals surface area contributed by atoms with Gasteiger partial charge in [0.05, 0.1) is 24.3 Å². The molecule has 0 bridgehead atoms. The van der Waals surface area contributed by atoms with E-state index in [1.165, 1.54) is 30.7 Å². The van der Waals surface area contributed by atoms with Crippen molar-refractivity contribution in [3.8, 4) is 24.3 Å². The van der Waals surface area contributed by atoms with Crippen LogP contribution < -0.4 is 0 Å². The molecule has 0 amide bonds. The van der Waals surface area contributed by atoms with Gasteiger partial charge in [-0.05, 0) is 25.0 Å². The molecule has 146 valence electrons. The van der Waals surface area contributed by atoms with Crippen LogP contribution >= 0.6 is 47.0 Å². The lowest BCUT2D eigenvalue weighted by Gasteiger charge is -2.22. The number of nitrogens with zero attached hydrogens (tertiary/aromatic N) is 4. The second-order valence-corrected chi connectivity index (χ2v) is 10.0. The number of hydrogen-bond acceptors (Lipinski definition) is 8. The molecular weight excluding hydrogens is 425 g/mol. The van der Waals surface area contributed by atoms with E-state index in [2.05, 4.69) is 38.1 Å². The second-order valence-electron chi connectivity index (χ2n) is 5.59. The maximum atomic E-state index is 8.90. The molecule has 0 aromatic heterocycles. The molecule has 0 saturated heterocycles. The highest BCUT2D eigenvalue weighted by molar-refractivity contribution is 8.03. The Hall–Kier alpha value is -1.42. The molecule has 28 heavy (non-hydrogen) atoms. The predicted molar refractivity (Wildman–Crippen MR) is 120 cm³/mol. The van der Waals surface area contributed by atoms with E-state index < -0.39 is 0 Å². The van der Waals surface area contributed by atoms with Crippen molar-refractivity contribution in [3.63, 3.8) is 0 Å². The van der Waals surface area contributed by atoms with Crippen LogP contribution in [0.1, 0.15) is 36.8 Å². The summed E-state index contributed by atoms with van der Waals surface area (Å²) >= 11 is 6.78. The Bertz CT molecular complexity index is 691. The van der Waals surface area contributed by atoms with Crippen molar-refractivity contribution in [1.29, 1.82) is 21.0 Å². The summed E-state index contributed by atoms with van der Waals surface area (Å²) in [7, 11) is 0. The van der Waals surface area contributed by atoms with Crippen LogP contribution in [0.15, 0.2) is 19.6 Å². The molecule has 1 rings (SSSR count). The minimum absolute atomic E-state index is 0.487. The van der Waals surface area contributed by atoms with Crippen LogP contribution in [0.25, 0.3) is 0 Å². The number of hydrogen-bond donors (Lipinski definition) is 0. The summed E-state index contributed by atoms with van der Waals surface area (Å²) in [5.74, 6) is 2.91. The average Bonchev–Trinajstić information content (AvgIpc) is 2.69. The summed E-state index contributed by atoms with van der Waals surface area (Å²) in [5, 5.41) is 35.6. The second kappa shape index (κ2) is 14.6. The summed E-state index contributed by atoms with van der Waals surface area (Å²) in [5.41, 5.74) is 2.35. The van der Waals surface area contributed by atoms with Crippen molar-refractivity contribution in [2.75, 3.05) is 23.0 Å². The maximum absolute atomic E-state index is 8.90. The molecule has 0 aliphatic carbocycles. The molecule has 0 radical (unpaired) electrons. The monoisotopic (exact) mass is 446 g/mol. The first-order valence-corrected chi connectivity index (χ1v) is 12.7. The molecule has 0 atom stereocenters. The normalized spacial score (nSPS) is 9.93. The third kappa shape index (κ3) is 7.54. The zero-order valence-electron chi connectivity index (χ0n) is 16.1. The van der Waals surface area contributed by atoms with Gasteiger partial charge in [-0.2, -0.15) is 21.0 Å². The van der Waals surface area contributed by atoms with Gasteiger partial charge in [-0.15, -0.1) is 47.0 Å². The van der Waals surface area contributed by atoms with Gasteiger partial charge in [-0.25, -0.2) is 0 Å². The average molecular weight is 447 g/mol. The number of benzene rings is 1. The van der Waals surface area contributed by atoms with Crippen molar-refractivity contribution < 1.29 is 0 Å². The molecule has 1 aromatic carbocycles. The Balaban J connectivity index is 3.40. The third-order valence-electron chi connectivity index (χ3n) is 3.62. The largest absolute Gasteiger partial charge is 0.198 e. The SMILES string of the molecule is Cc1c(SCCC#N)c(SCCC#N)c(C)c(SCCC#N)c1SCCC#N. The fraction of sp³-hybridized carbons (Fsp3) is 0.500. The first kappa shape index (κ1) is 24.6. The Labute approximate surface area is 185 Å². The molecule has 0 spiro atoms. The van der Waals surface area contributed by atoms with Crippen LogP contribution in [0.3, 0.4) is 0 Å². The molecule has 8 heteroatoms. The summed E-state index contributed by atoms with van der Waals surface area (Å²) in [6, 6.07) is 8.80. The van der Waals surface area contributed by atoms with Gasteiger partial charge < -0.3 is 0 Å². The zero-order chi connectivity index (χ0) is 20.8. The van der Waals surface area contributed by atoms with Crippen molar-refractivity contribution in [1.82, 2.24) is 0 Å². The van der Waals surface area contributed by atoms with Crippen molar-refractivity contribution in [3.05, 3.63) is 11.1 Å². The predicted octanol–water partition coefficient (Wildman–Crippen LogP) is 6.33. The number of thioether (sulfide) groups is 4. The Morgan fingerprint density at radius 1 is 0.500 bits per heavy atom. The minimum Gasteiger partial charge on any atom is -0.198 e. The summed E-state index contributed by atoms with van der Waals surface area (Å²) < 4.78 is 0. The van der Waals surface area contributed by atoms with E-state index in [0.717, 1.165) is 23.0 Å². The molecule has 4 nitrogen and oxygen atoms in total. The van der Waals surface area contributed by atoms with Gasteiger partial charge in [0.1, 0.15) is 0 Å². The Morgan fingerprint density at radius 3 is 0.893 bits per heavy atom. The van der Waals surface area contributed by atoms with Crippen LogP contribution in [0.5, 0.6) is 0 Å². The van der Waals surface area contributed by atoms with Gasteiger partial charge >= 0.3 is 0 Å². The van der Waals surface area contributed by atoms with E-state index in [0.29, 0.717) is 25.7 Å².